The number of benzene rings is 2. The quantitative estimate of drug-likeness (QED) is 0.524. The van der Waals surface area contributed by atoms with Crippen molar-refractivity contribution < 1.29 is 22.7 Å². The highest BCUT2D eigenvalue weighted by Gasteiger charge is 2.40. The predicted molar refractivity (Wildman–Crippen MR) is 130 cm³/mol. The number of hydrogen-bond acceptors (Lipinski definition) is 5. The van der Waals surface area contributed by atoms with E-state index in [0.29, 0.717) is 18.9 Å². The number of carbonyl (C=O) groups excluding carboxylic acids is 1. The fourth-order valence-corrected chi connectivity index (χ4v) is 5.60. The van der Waals surface area contributed by atoms with Crippen molar-refractivity contribution in [3.05, 3.63) is 65.2 Å². The standard InChI is InChI=1S/C25H33N3O5S/c1-18(32-2)17-34(30,31)26-28-16-24(22-10-8-21(9-11-22)20-6-7-20)27(25(28)29)15-14-19-4-12-23(33-3)13-5-19/h4-5,8-13,18,20,24,26H,6-7,14-17H2,1-3H3. The van der Waals surface area contributed by atoms with Gasteiger partial charge in [0, 0.05) is 13.7 Å². The smallest absolute Gasteiger partial charge is 0.335 e. The van der Waals surface area contributed by atoms with Gasteiger partial charge in [0.05, 0.1) is 31.6 Å². The van der Waals surface area contributed by atoms with Gasteiger partial charge in [0.15, 0.2) is 0 Å². The van der Waals surface area contributed by atoms with Crippen LogP contribution in [0, 0.1) is 0 Å². The van der Waals surface area contributed by atoms with Crippen LogP contribution in [0.1, 0.15) is 48.4 Å². The van der Waals surface area contributed by atoms with Crippen LogP contribution in [0.25, 0.3) is 0 Å². The van der Waals surface area contributed by atoms with Crippen molar-refractivity contribution in [2.24, 2.45) is 0 Å². The number of urea groups is 1. The van der Waals surface area contributed by atoms with Crippen molar-refractivity contribution in [2.75, 3.05) is 33.1 Å². The van der Waals surface area contributed by atoms with Gasteiger partial charge in [-0.25, -0.2) is 18.2 Å². The molecule has 2 aromatic carbocycles. The first kappa shape index (κ1) is 24.5. The van der Waals surface area contributed by atoms with Gasteiger partial charge in [0.25, 0.3) is 0 Å². The lowest BCUT2D eigenvalue weighted by atomic mass is 10.0. The van der Waals surface area contributed by atoms with Gasteiger partial charge < -0.3 is 14.4 Å². The zero-order valence-electron chi connectivity index (χ0n) is 19.9. The third-order valence-corrected chi connectivity index (χ3v) is 7.89. The molecule has 8 nitrogen and oxygen atoms in total. The highest BCUT2D eigenvalue weighted by atomic mass is 32.2. The van der Waals surface area contributed by atoms with Gasteiger partial charge in [-0.15, -0.1) is 4.83 Å². The van der Waals surface area contributed by atoms with E-state index in [2.05, 4.69) is 29.1 Å². The van der Waals surface area contributed by atoms with Crippen LogP contribution < -0.4 is 9.57 Å². The number of hydrazine groups is 1. The van der Waals surface area contributed by atoms with Gasteiger partial charge in [-0.1, -0.05) is 36.4 Å². The summed E-state index contributed by atoms with van der Waals surface area (Å²) in [5, 5.41) is 1.21. The van der Waals surface area contributed by atoms with E-state index in [1.807, 2.05) is 24.3 Å². The van der Waals surface area contributed by atoms with Crippen LogP contribution in [0.15, 0.2) is 48.5 Å². The minimum Gasteiger partial charge on any atom is -0.497 e. The maximum absolute atomic E-state index is 13.3. The Morgan fingerprint density at radius 1 is 1.03 bits per heavy atom. The molecular weight excluding hydrogens is 454 g/mol. The Bertz CT molecular complexity index is 1080. The molecule has 9 heteroatoms. The molecule has 1 heterocycles. The number of methoxy groups -OCH3 is 2. The molecule has 2 amide bonds. The van der Waals surface area contributed by atoms with Crippen molar-refractivity contribution in [2.45, 2.75) is 44.2 Å². The van der Waals surface area contributed by atoms with E-state index in [1.165, 1.54) is 30.5 Å². The summed E-state index contributed by atoms with van der Waals surface area (Å²) < 4.78 is 35.5. The molecular formula is C25H33N3O5S. The molecule has 0 bridgehead atoms. The van der Waals surface area contributed by atoms with Crippen LogP contribution in [-0.2, 0) is 21.2 Å². The van der Waals surface area contributed by atoms with Crippen LogP contribution in [0.3, 0.4) is 0 Å². The number of sulfonamides is 1. The summed E-state index contributed by atoms with van der Waals surface area (Å²) in [6, 6.07) is 15.5. The highest BCUT2D eigenvalue weighted by molar-refractivity contribution is 7.89. The molecule has 184 valence electrons. The molecule has 0 spiro atoms. The summed E-state index contributed by atoms with van der Waals surface area (Å²) in [6.07, 6.45) is 2.62. The molecule has 1 saturated carbocycles. The summed E-state index contributed by atoms with van der Waals surface area (Å²) in [4.78, 5) is 17.5. The van der Waals surface area contributed by atoms with Gasteiger partial charge in [-0.2, -0.15) is 0 Å². The Labute approximate surface area is 201 Å². The summed E-state index contributed by atoms with van der Waals surface area (Å²) in [5.41, 5.74) is 3.40. The van der Waals surface area contributed by atoms with Crippen molar-refractivity contribution in [1.29, 1.82) is 0 Å². The maximum Gasteiger partial charge on any atom is 0.335 e. The average Bonchev–Trinajstić information content (AvgIpc) is 3.64. The average molecular weight is 488 g/mol. The normalized spacial score (nSPS) is 19.5. The third kappa shape index (κ3) is 5.89. The Morgan fingerprint density at radius 3 is 2.26 bits per heavy atom. The maximum atomic E-state index is 13.3. The first-order valence-corrected chi connectivity index (χ1v) is 13.3. The zero-order valence-corrected chi connectivity index (χ0v) is 20.8. The molecule has 2 atom stereocenters. The van der Waals surface area contributed by atoms with E-state index < -0.39 is 16.1 Å². The number of nitrogens with zero attached hydrogens (tertiary/aromatic N) is 2. The van der Waals surface area contributed by atoms with Crippen molar-refractivity contribution in [3.63, 3.8) is 0 Å². The molecule has 2 unspecified atom stereocenters. The second-order valence-electron chi connectivity index (χ2n) is 9.06. The molecule has 34 heavy (non-hydrogen) atoms. The fraction of sp³-hybridized carbons (Fsp3) is 0.480. The van der Waals surface area contributed by atoms with E-state index in [4.69, 9.17) is 9.47 Å². The molecule has 2 fully saturated rings. The number of nitrogens with one attached hydrogen (secondary N) is 1. The van der Waals surface area contributed by atoms with Gasteiger partial charge in [-0.3, -0.25) is 0 Å². The van der Waals surface area contributed by atoms with Crippen molar-refractivity contribution >= 4 is 16.1 Å². The van der Waals surface area contributed by atoms with E-state index in [0.717, 1.165) is 16.9 Å². The van der Waals surface area contributed by atoms with E-state index in [9.17, 15) is 13.2 Å². The van der Waals surface area contributed by atoms with Crippen LogP contribution in [-0.4, -0.2) is 63.5 Å². The minimum atomic E-state index is -3.73. The van der Waals surface area contributed by atoms with Gasteiger partial charge >= 0.3 is 6.03 Å². The molecule has 1 saturated heterocycles. The lowest BCUT2D eigenvalue weighted by Gasteiger charge is -2.24. The topological polar surface area (TPSA) is 88.2 Å². The SMILES string of the molecule is COc1ccc(CCN2C(=O)N(NS(=O)(=O)CC(C)OC)CC2c2ccc(C3CC3)cc2)cc1. The van der Waals surface area contributed by atoms with Gasteiger partial charge in [0.2, 0.25) is 10.0 Å². The van der Waals surface area contributed by atoms with Gasteiger partial charge in [-0.05, 0) is 60.9 Å². The summed E-state index contributed by atoms with van der Waals surface area (Å²) in [6.45, 7) is 2.38. The minimum absolute atomic E-state index is 0.222. The first-order chi connectivity index (χ1) is 16.3. The zero-order chi connectivity index (χ0) is 24.3. The summed E-state index contributed by atoms with van der Waals surface area (Å²) in [5.74, 6) is 1.21. The predicted octanol–water partition coefficient (Wildman–Crippen LogP) is 3.46. The number of hydrogen-bond donors (Lipinski definition) is 1. The molecule has 0 radical (unpaired) electrons. The second kappa shape index (κ2) is 10.3. The van der Waals surface area contributed by atoms with Crippen LogP contribution in [0.4, 0.5) is 4.79 Å². The van der Waals surface area contributed by atoms with E-state index >= 15 is 0 Å². The lowest BCUT2D eigenvalue weighted by Crippen LogP contribution is -2.47. The van der Waals surface area contributed by atoms with Crippen LogP contribution in [0.2, 0.25) is 0 Å². The third-order valence-electron chi connectivity index (χ3n) is 6.48. The molecule has 1 N–H and O–H groups in total. The number of ether oxygens (including phenoxy) is 2. The lowest BCUT2D eigenvalue weighted by molar-refractivity contribution is 0.135. The molecule has 0 aromatic heterocycles. The molecule has 4 rings (SSSR count). The Balaban J connectivity index is 1.52. The highest BCUT2D eigenvalue weighted by Crippen LogP contribution is 2.40. The number of carbonyl (C=O) groups is 1. The second-order valence-corrected chi connectivity index (χ2v) is 10.8. The molecule has 2 aliphatic rings. The van der Waals surface area contributed by atoms with Crippen molar-refractivity contribution in [3.8, 4) is 5.75 Å². The summed E-state index contributed by atoms with van der Waals surface area (Å²) in [7, 11) is -0.647. The fourth-order valence-electron chi connectivity index (χ4n) is 4.28. The number of rotatable bonds is 11. The van der Waals surface area contributed by atoms with E-state index in [1.54, 1.807) is 18.9 Å². The Morgan fingerprint density at radius 2 is 1.68 bits per heavy atom. The van der Waals surface area contributed by atoms with Crippen LogP contribution >= 0.6 is 0 Å². The Hall–Kier alpha value is -2.62. The van der Waals surface area contributed by atoms with Gasteiger partial charge in [0.1, 0.15) is 5.75 Å². The van der Waals surface area contributed by atoms with E-state index in [-0.39, 0.29) is 24.4 Å². The molecule has 1 aliphatic heterocycles. The largest absolute Gasteiger partial charge is 0.497 e. The molecule has 1 aliphatic carbocycles. The Kier molecular flexibility index (Phi) is 7.45. The summed E-state index contributed by atoms with van der Waals surface area (Å²) >= 11 is 0. The van der Waals surface area contributed by atoms with Crippen LogP contribution in [0.5, 0.6) is 5.75 Å². The molecule has 2 aromatic rings. The number of amides is 2. The van der Waals surface area contributed by atoms with Crippen molar-refractivity contribution in [1.82, 2.24) is 14.7 Å². The first-order valence-electron chi connectivity index (χ1n) is 11.6. The monoisotopic (exact) mass is 487 g/mol.